The van der Waals surface area contributed by atoms with Crippen molar-refractivity contribution in [1.82, 2.24) is 4.98 Å². The van der Waals surface area contributed by atoms with E-state index in [9.17, 15) is 9.65 Å². The molecule has 3 aromatic carbocycles. The molecule has 4 aromatic rings. The summed E-state index contributed by atoms with van der Waals surface area (Å²) in [6.07, 6.45) is 12.2. The SMILES string of the molecule is CC.CCC/C=C(/N=C(C)c1ccc(-c2ccccc2C#N)cc1C)c1cccnc1.CCCCCc1ccc(F)c(O)c1. The molecule has 0 fully saturated rings. The molecule has 0 radical (unpaired) electrons. The molecule has 0 aliphatic carbocycles. The lowest BCUT2D eigenvalue weighted by atomic mass is 9.95. The number of halogens is 1. The number of benzene rings is 3. The lowest BCUT2D eigenvalue weighted by Crippen LogP contribution is -2.00. The molecule has 4 rings (SSSR count). The van der Waals surface area contributed by atoms with E-state index in [4.69, 9.17) is 10.1 Å². The molecule has 1 heterocycles. The molecule has 0 aliphatic heterocycles. The molecule has 0 amide bonds. The molecule has 44 heavy (non-hydrogen) atoms. The third-order valence-corrected chi connectivity index (χ3v) is 6.93. The fraction of sp³-hybridized carbons (Fsp3) is 0.308. The van der Waals surface area contributed by atoms with E-state index in [2.05, 4.69) is 56.1 Å². The van der Waals surface area contributed by atoms with Crippen molar-refractivity contribution in [3.63, 3.8) is 0 Å². The molecule has 0 bridgehead atoms. The summed E-state index contributed by atoms with van der Waals surface area (Å²) in [5, 5.41) is 18.5. The van der Waals surface area contributed by atoms with Crippen LogP contribution in [0, 0.1) is 24.1 Å². The maximum atomic E-state index is 12.6. The lowest BCUT2D eigenvalue weighted by molar-refractivity contribution is 0.431. The number of aromatic nitrogens is 1. The summed E-state index contributed by atoms with van der Waals surface area (Å²) in [5.41, 5.74) is 8.89. The third kappa shape index (κ3) is 10.9. The quantitative estimate of drug-likeness (QED) is 0.147. The van der Waals surface area contributed by atoms with Crippen LogP contribution in [0.25, 0.3) is 16.8 Å². The number of nitrogens with zero attached hydrogens (tertiary/aromatic N) is 3. The number of aromatic hydroxyl groups is 1. The molecule has 1 N–H and O–H groups in total. The van der Waals surface area contributed by atoms with Gasteiger partial charge in [0.1, 0.15) is 0 Å². The minimum absolute atomic E-state index is 0.242. The summed E-state index contributed by atoms with van der Waals surface area (Å²) in [6, 6.07) is 24.8. The summed E-state index contributed by atoms with van der Waals surface area (Å²) < 4.78 is 12.6. The first-order chi connectivity index (χ1) is 21.4. The Morgan fingerprint density at radius 3 is 2.39 bits per heavy atom. The standard InChI is InChI=1S/C26H25N3.C11H15FO.C2H6/c1-4-5-12-26(23-10-8-15-28-18-23)29-20(3)24-14-13-21(16-19(24)2)25-11-7-6-9-22(25)17-27;1-2-3-4-5-9-6-7-10(12)11(13)8-9;1-2/h6-16,18H,4-5H2,1-3H3;6-8,13H,2-5H2,1H3;1-2H3/b26-12+,29-20?;;. The second-order valence-corrected chi connectivity index (χ2v) is 10.2. The Hall–Kier alpha value is -4.56. The minimum atomic E-state index is -0.542. The highest BCUT2D eigenvalue weighted by atomic mass is 19.1. The van der Waals surface area contributed by atoms with E-state index in [1.807, 2.05) is 63.4 Å². The van der Waals surface area contributed by atoms with Crippen LogP contribution < -0.4 is 0 Å². The van der Waals surface area contributed by atoms with Crippen molar-refractivity contribution in [1.29, 1.82) is 5.26 Å². The highest BCUT2D eigenvalue weighted by molar-refractivity contribution is 6.03. The predicted octanol–water partition coefficient (Wildman–Crippen LogP) is 10.9. The first-order valence-corrected chi connectivity index (χ1v) is 15.6. The highest BCUT2D eigenvalue weighted by Gasteiger charge is 2.09. The van der Waals surface area contributed by atoms with Crippen LogP contribution in [0.5, 0.6) is 5.75 Å². The third-order valence-electron chi connectivity index (χ3n) is 6.93. The molecule has 0 aliphatic rings. The normalized spacial score (nSPS) is 11.0. The molecule has 1 aromatic heterocycles. The topological polar surface area (TPSA) is 69.3 Å². The fourth-order valence-electron chi connectivity index (χ4n) is 4.63. The smallest absolute Gasteiger partial charge is 0.164 e. The van der Waals surface area contributed by atoms with Gasteiger partial charge in [-0.15, -0.1) is 0 Å². The Kier molecular flexibility index (Phi) is 15.9. The Labute approximate surface area is 263 Å². The highest BCUT2D eigenvalue weighted by Crippen LogP contribution is 2.27. The fourth-order valence-corrected chi connectivity index (χ4v) is 4.63. The number of aryl methyl sites for hydroxylation is 2. The molecule has 0 atom stereocenters. The number of unbranched alkanes of at least 4 members (excludes halogenated alkanes) is 3. The molecule has 0 saturated heterocycles. The molecular weight excluding hydrogens is 545 g/mol. The van der Waals surface area contributed by atoms with Gasteiger partial charge in [0.25, 0.3) is 0 Å². The summed E-state index contributed by atoms with van der Waals surface area (Å²) >= 11 is 0. The lowest BCUT2D eigenvalue weighted by Gasteiger charge is -2.11. The van der Waals surface area contributed by atoms with Gasteiger partial charge in [-0.3, -0.25) is 9.98 Å². The minimum Gasteiger partial charge on any atom is -0.505 e. The molecule has 0 spiro atoms. The largest absolute Gasteiger partial charge is 0.505 e. The van der Waals surface area contributed by atoms with Gasteiger partial charge in [0.15, 0.2) is 11.6 Å². The van der Waals surface area contributed by atoms with E-state index >= 15 is 0 Å². The van der Waals surface area contributed by atoms with Crippen LogP contribution in [-0.4, -0.2) is 15.8 Å². The van der Waals surface area contributed by atoms with E-state index in [0.29, 0.717) is 5.56 Å². The number of aliphatic imine (C=N–C) groups is 1. The summed E-state index contributed by atoms with van der Waals surface area (Å²) in [4.78, 5) is 9.17. The van der Waals surface area contributed by atoms with Crippen molar-refractivity contribution >= 4 is 11.4 Å². The van der Waals surface area contributed by atoms with Gasteiger partial charge in [0.05, 0.1) is 17.3 Å². The van der Waals surface area contributed by atoms with Crippen molar-refractivity contribution in [3.05, 3.63) is 125 Å². The zero-order chi connectivity index (χ0) is 32.3. The van der Waals surface area contributed by atoms with Gasteiger partial charge in [0, 0.05) is 23.7 Å². The van der Waals surface area contributed by atoms with E-state index in [1.54, 1.807) is 12.3 Å². The Bertz CT molecular complexity index is 1550. The van der Waals surface area contributed by atoms with E-state index in [1.165, 1.54) is 25.0 Å². The number of hydrogen-bond donors (Lipinski definition) is 1. The van der Waals surface area contributed by atoms with Crippen molar-refractivity contribution in [2.24, 2.45) is 4.99 Å². The summed E-state index contributed by atoms with van der Waals surface area (Å²) in [5.74, 6) is -0.784. The van der Waals surface area contributed by atoms with Gasteiger partial charge in [-0.2, -0.15) is 5.26 Å². The number of pyridine rings is 1. The predicted molar refractivity (Wildman–Crippen MR) is 183 cm³/mol. The van der Waals surface area contributed by atoms with Crippen molar-refractivity contribution in [2.75, 3.05) is 0 Å². The zero-order valence-corrected chi connectivity index (χ0v) is 27.1. The molecule has 230 valence electrons. The van der Waals surface area contributed by atoms with Crippen molar-refractivity contribution in [2.45, 2.75) is 80.1 Å². The number of rotatable bonds is 10. The number of nitriles is 1. The van der Waals surface area contributed by atoms with Crippen LogP contribution in [-0.2, 0) is 6.42 Å². The van der Waals surface area contributed by atoms with Gasteiger partial charge in [-0.05, 0) is 91.3 Å². The van der Waals surface area contributed by atoms with Gasteiger partial charge in [-0.1, -0.05) is 95.5 Å². The van der Waals surface area contributed by atoms with Crippen LogP contribution >= 0.6 is 0 Å². The Balaban J connectivity index is 0.000000376. The number of phenolic OH excluding ortho intramolecular Hbond substituents is 1. The average molecular weight is 592 g/mol. The number of allylic oxidation sites excluding steroid dienone is 1. The van der Waals surface area contributed by atoms with E-state index in [0.717, 1.165) is 70.5 Å². The Morgan fingerprint density at radius 1 is 0.977 bits per heavy atom. The van der Waals surface area contributed by atoms with Crippen LogP contribution in [0.15, 0.2) is 96.3 Å². The van der Waals surface area contributed by atoms with Crippen molar-refractivity contribution in [3.8, 4) is 22.9 Å². The maximum absolute atomic E-state index is 12.6. The van der Waals surface area contributed by atoms with Gasteiger partial charge in [-0.25, -0.2) is 4.39 Å². The van der Waals surface area contributed by atoms with Gasteiger partial charge < -0.3 is 5.11 Å². The van der Waals surface area contributed by atoms with Crippen molar-refractivity contribution < 1.29 is 9.50 Å². The second-order valence-electron chi connectivity index (χ2n) is 10.2. The average Bonchev–Trinajstić information content (AvgIpc) is 3.06. The molecule has 0 unspecified atom stereocenters. The zero-order valence-electron chi connectivity index (χ0n) is 27.1. The van der Waals surface area contributed by atoms with E-state index < -0.39 is 5.82 Å². The molecule has 0 saturated carbocycles. The monoisotopic (exact) mass is 591 g/mol. The van der Waals surface area contributed by atoms with Gasteiger partial charge in [0.2, 0.25) is 0 Å². The second kappa shape index (κ2) is 19.6. The van der Waals surface area contributed by atoms with Crippen LogP contribution in [0.4, 0.5) is 4.39 Å². The van der Waals surface area contributed by atoms with Gasteiger partial charge >= 0.3 is 0 Å². The molecule has 5 heteroatoms. The van der Waals surface area contributed by atoms with E-state index in [-0.39, 0.29) is 5.75 Å². The first-order valence-electron chi connectivity index (χ1n) is 15.6. The van der Waals surface area contributed by atoms with Crippen LogP contribution in [0.3, 0.4) is 0 Å². The number of hydrogen-bond acceptors (Lipinski definition) is 4. The first kappa shape index (κ1) is 35.6. The molecule has 4 nitrogen and oxygen atoms in total. The van der Waals surface area contributed by atoms with Crippen LogP contribution in [0.2, 0.25) is 0 Å². The van der Waals surface area contributed by atoms with Crippen LogP contribution in [0.1, 0.15) is 94.5 Å². The number of phenols is 1. The Morgan fingerprint density at radius 2 is 1.75 bits per heavy atom. The maximum Gasteiger partial charge on any atom is 0.164 e. The summed E-state index contributed by atoms with van der Waals surface area (Å²) in [6.45, 7) is 12.4. The summed E-state index contributed by atoms with van der Waals surface area (Å²) in [7, 11) is 0. The molecular formula is C39H46FN3O.